The third kappa shape index (κ3) is 10700. The van der Waals surface area contributed by atoms with Crippen LogP contribution < -0.4 is 0 Å². The number of rotatable bonds is 0. The van der Waals surface area contributed by atoms with Gasteiger partial charge in [0.1, 0.15) is 0 Å². The topological polar surface area (TPSA) is 59.7 Å². The number of hydrogen-bond acceptors (Lipinski definition) is 0. The first-order valence-corrected chi connectivity index (χ1v) is 0.612. The Kier molecular flexibility index (Phi) is 69000. The van der Waals surface area contributed by atoms with E-state index in [1.54, 1.807) is 0 Å². The van der Waals surface area contributed by atoms with E-state index in [-0.39, 0.29) is 21.1 Å². The van der Waals surface area contributed by atoms with Crippen LogP contribution in [0.4, 0.5) is 0 Å². The molecule has 0 aromatic rings. The predicted molar refractivity (Wildman–Crippen MR) is 11.8 cm³/mol. The summed E-state index contributed by atoms with van der Waals surface area (Å²) in [5.41, 5.74) is 0. The van der Waals surface area contributed by atoms with Gasteiger partial charge in [0, 0.05) is 0 Å². The van der Waals surface area contributed by atoms with Gasteiger partial charge < -0.3 is 0 Å². The summed E-state index contributed by atoms with van der Waals surface area (Å²) >= 11 is 0. The fourth-order valence-corrected chi connectivity index (χ4v) is 0. The van der Waals surface area contributed by atoms with E-state index in [2.05, 4.69) is 20.0 Å². The molecule has 0 aromatic heterocycles. The van der Waals surface area contributed by atoms with E-state index in [9.17, 15) is 0 Å². The van der Waals surface area contributed by atoms with E-state index in [1.807, 2.05) is 0 Å². The van der Waals surface area contributed by atoms with Crippen LogP contribution in [0.15, 0.2) is 0 Å². The summed E-state index contributed by atoms with van der Waals surface area (Å²) in [6, 6.07) is 0. The summed E-state index contributed by atoms with van der Waals surface area (Å²) in [7, 11) is 0. The SMILES string of the molecule is [C-]#[O+].[C-]#[O+].[C-]#[O+].[Mo+3]. The summed E-state index contributed by atoms with van der Waals surface area (Å²) in [5.74, 6) is 0. The van der Waals surface area contributed by atoms with Gasteiger partial charge in [-0.15, -0.1) is 0 Å². The zero-order valence-electron chi connectivity index (χ0n) is 3.13. The number of hydrogen-bond donors (Lipinski definition) is 0. The van der Waals surface area contributed by atoms with Crippen LogP contribution in [0, 0.1) is 20.0 Å². The van der Waals surface area contributed by atoms with Crippen LogP contribution in [-0.4, -0.2) is 0 Å². The molecule has 0 aliphatic heterocycles. The Morgan fingerprint density at radius 2 is 0.571 bits per heavy atom. The second-order valence-electron chi connectivity index (χ2n) is 0. The van der Waals surface area contributed by atoms with Crippen LogP contribution in [0.25, 0.3) is 0 Å². The first-order valence-electron chi connectivity index (χ1n) is 0.612. The van der Waals surface area contributed by atoms with Crippen LogP contribution in [0.1, 0.15) is 0 Å². The first-order chi connectivity index (χ1) is 3.00. The molecule has 0 aliphatic carbocycles. The summed E-state index contributed by atoms with van der Waals surface area (Å²) in [4.78, 5) is 0. The average molecular weight is 180 g/mol. The Bertz CT molecular complexity index is 38.7. The summed E-state index contributed by atoms with van der Waals surface area (Å²) in [5, 5.41) is 0. The minimum absolute atomic E-state index is 0. The van der Waals surface area contributed by atoms with Crippen LogP contribution in [0.2, 0.25) is 0 Å². The van der Waals surface area contributed by atoms with Gasteiger partial charge in [0.05, 0.1) is 0 Å². The molecule has 0 aromatic carbocycles. The standard InChI is InChI=1S/3CO.Mo/c3*1-2;/q;;;+3. The fraction of sp³-hybridized carbons (Fsp3) is 0. The summed E-state index contributed by atoms with van der Waals surface area (Å²) < 4.78 is 22.5. The first kappa shape index (κ1) is 28.5. The van der Waals surface area contributed by atoms with Crippen molar-refractivity contribution >= 4 is 0 Å². The van der Waals surface area contributed by atoms with Crippen molar-refractivity contribution in [1.82, 2.24) is 0 Å². The molecule has 0 rings (SSSR count). The fourth-order valence-electron chi connectivity index (χ4n) is 0. The largest absolute Gasteiger partial charge is 3.00 e. The molecule has 0 aliphatic rings. The Balaban J connectivity index is -0.00000000900. The maximum atomic E-state index is 7.50. The molecule has 0 atom stereocenters. The maximum Gasteiger partial charge on any atom is 3.00 e. The van der Waals surface area contributed by atoms with E-state index in [1.165, 1.54) is 0 Å². The van der Waals surface area contributed by atoms with Crippen LogP contribution >= 0.6 is 0 Å². The van der Waals surface area contributed by atoms with Gasteiger partial charge in [0.25, 0.3) is 0 Å². The van der Waals surface area contributed by atoms with E-state index in [4.69, 9.17) is 14.0 Å². The molecule has 0 N–H and O–H groups in total. The third-order valence-corrected chi connectivity index (χ3v) is 0. The van der Waals surface area contributed by atoms with Crippen LogP contribution in [0.5, 0.6) is 0 Å². The van der Waals surface area contributed by atoms with Gasteiger partial charge in [-0.2, -0.15) is 0 Å². The molecule has 33 valence electrons. The van der Waals surface area contributed by atoms with Crippen molar-refractivity contribution in [2.45, 2.75) is 0 Å². The molecule has 0 spiro atoms. The third-order valence-electron chi connectivity index (χ3n) is 0. The summed E-state index contributed by atoms with van der Waals surface area (Å²) in [6.07, 6.45) is 0. The smallest absolute Gasteiger partial charge is 3.00 e. The average Bonchev–Trinajstić information content (AvgIpc) is 1.81. The Morgan fingerprint density at radius 1 is 0.571 bits per heavy atom. The molecular weight excluding hydrogens is 180 g/mol. The molecule has 0 unspecified atom stereocenters. The zero-order valence-corrected chi connectivity index (χ0v) is 5.14. The van der Waals surface area contributed by atoms with Gasteiger partial charge in [-0.25, -0.2) is 0 Å². The molecule has 1 radical (unpaired) electrons. The van der Waals surface area contributed by atoms with E-state index < -0.39 is 0 Å². The maximum absolute atomic E-state index is 7.50. The Morgan fingerprint density at radius 3 is 0.571 bits per heavy atom. The molecule has 0 amide bonds. The van der Waals surface area contributed by atoms with Crippen LogP contribution in [-0.2, 0) is 35.0 Å². The molecule has 0 fully saturated rings. The Hall–Kier alpha value is -0.0917. The Labute approximate surface area is 55.5 Å². The van der Waals surface area contributed by atoms with Gasteiger partial charge in [0.15, 0.2) is 0 Å². The normalized spacial score (nSPS) is 0.857. The van der Waals surface area contributed by atoms with Crippen molar-refractivity contribution in [2.24, 2.45) is 0 Å². The minimum atomic E-state index is 0. The van der Waals surface area contributed by atoms with Crippen molar-refractivity contribution in [3.05, 3.63) is 20.0 Å². The molecule has 4 heteroatoms. The summed E-state index contributed by atoms with van der Waals surface area (Å²) in [6.45, 7) is 13.5. The van der Waals surface area contributed by atoms with Gasteiger partial charge in [-0.1, -0.05) is 0 Å². The monoisotopic (exact) mass is 182 g/mol. The van der Waals surface area contributed by atoms with Gasteiger partial charge >= 0.3 is 55.0 Å². The van der Waals surface area contributed by atoms with Gasteiger partial charge in [-0.3, -0.25) is 0 Å². The van der Waals surface area contributed by atoms with E-state index in [0.717, 1.165) is 0 Å². The molecule has 0 saturated heterocycles. The second kappa shape index (κ2) is 16900. The molecule has 0 bridgehead atoms. The van der Waals surface area contributed by atoms with Gasteiger partial charge in [-0.05, 0) is 0 Å². The van der Waals surface area contributed by atoms with Crippen molar-refractivity contribution in [1.29, 1.82) is 0 Å². The van der Waals surface area contributed by atoms with Crippen LogP contribution in [0.3, 0.4) is 0 Å². The molecule has 3 nitrogen and oxygen atoms in total. The van der Waals surface area contributed by atoms with E-state index >= 15 is 0 Å². The predicted octanol–water partition coefficient (Wildman–Crippen LogP) is -0.115. The van der Waals surface area contributed by atoms with E-state index in [0.29, 0.717) is 0 Å². The van der Waals surface area contributed by atoms with Crippen molar-refractivity contribution in [3.8, 4) is 0 Å². The van der Waals surface area contributed by atoms with Gasteiger partial charge in [0.2, 0.25) is 0 Å². The second-order valence-corrected chi connectivity index (χ2v) is 0. The van der Waals surface area contributed by atoms with Crippen molar-refractivity contribution in [3.63, 3.8) is 0 Å². The minimum Gasteiger partial charge on any atom is 3.00 e. The quantitative estimate of drug-likeness (QED) is 0.283. The molecule has 7 heavy (non-hydrogen) atoms. The van der Waals surface area contributed by atoms with Crippen molar-refractivity contribution < 1.29 is 35.0 Å². The zero-order chi connectivity index (χ0) is 6.00. The van der Waals surface area contributed by atoms with Crippen molar-refractivity contribution in [2.75, 3.05) is 0 Å². The molecular formula is C3MoO3+3. The molecule has 0 saturated carbocycles. The molecule has 0 heterocycles.